The molecular formula is C21H26N4O4. The molecule has 1 saturated heterocycles. The van der Waals surface area contributed by atoms with Gasteiger partial charge in [0.15, 0.2) is 0 Å². The Morgan fingerprint density at radius 3 is 2.45 bits per heavy atom. The van der Waals surface area contributed by atoms with Crippen LogP contribution in [-0.2, 0) is 0 Å². The second-order valence-electron chi connectivity index (χ2n) is 7.10. The summed E-state index contributed by atoms with van der Waals surface area (Å²) in [5.41, 5.74) is 3.28. The van der Waals surface area contributed by atoms with Gasteiger partial charge in [0.05, 0.1) is 12.8 Å². The first-order valence-electron chi connectivity index (χ1n) is 9.44. The lowest BCUT2D eigenvalue weighted by Crippen LogP contribution is -2.53. The number of aryl methyl sites for hydroxylation is 1. The maximum absolute atomic E-state index is 12.3. The molecule has 1 atom stereocenters. The van der Waals surface area contributed by atoms with Crippen LogP contribution in [-0.4, -0.2) is 54.9 Å². The summed E-state index contributed by atoms with van der Waals surface area (Å²) in [7, 11) is 1.56. The van der Waals surface area contributed by atoms with E-state index in [2.05, 4.69) is 15.5 Å². The number of ether oxygens (including phenoxy) is 1. The molecule has 1 aliphatic heterocycles. The van der Waals surface area contributed by atoms with E-state index >= 15 is 0 Å². The Bertz CT molecular complexity index is 885. The van der Waals surface area contributed by atoms with Crippen LogP contribution in [0.3, 0.4) is 0 Å². The van der Waals surface area contributed by atoms with Crippen LogP contribution >= 0.6 is 0 Å². The summed E-state index contributed by atoms with van der Waals surface area (Å²) in [6.07, 6.45) is -0.882. The van der Waals surface area contributed by atoms with Crippen molar-refractivity contribution in [1.29, 1.82) is 0 Å². The molecule has 0 bridgehead atoms. The Labute approximate surface area is 170 Å². The Balaban J connectivity index is 1.60. The molecule has 0 aromatic heterocycles. The highest BCUT2D eigenvalue weighted by Gasteiger charge is 2.27. The molecule has 154 valence electrons. The van der Waals surface area contributed by atoms with E-state index in [1.54, 1.807) is 7.11 Å². The topological polar surface area (TPSA) is 94.1 Å². The number of piperazine rings is 1. The second-order valence-corrected chi connectivity index (χ2v) is 7.10. The minimum absolute atomic E-state index is 0.0749. The maximum atomic E-state index is 12.3. The first-order chi connectivity index (χ1) is 13.9. The molecule has 0 radical (unpaired) electrons. The smallest absolute Gasteiger partial charge is 0.407 e. The highest BCUT2D eigenvalue weighted by molar-refractivity contribution is 6.00. The number of nitrogens with zero attached hydrogens (tertiary/aromatic N) is 2. The lowest BCUT2D eigenvalue weighted by Gasteiger charge is -2.39. The number of amides is 3. The first-order valence-corrected chi connectivity index (χ1v) is 9.44. The lowest BCUT2D eigenvalue weighted by atomic mass is 10.1. The molecule has 8 nitrogen and oxygen atoms in total. The van der Waals surface area contributed by atoms with Gasteiger partial charge in [-0.1, -0.05) is 6.07 Å². The number of urea groups is 1. The van der Waals surface area contributed by atoms with E-state index in [-0.39, 0.29) is 12.1 Å². The maximum Gasteiger partial charge on any atom is 0.407 e. The third-order valence-corrected chi connectivity index (χ3v) is 4.97. The Hall–Kier alpha value is -3.42. The number of methoxy groups -OCH3 is 1. The van der Waals surface area contributed by atoms with Crippen LogP contribution in [0.2, 0.25) is 0 Å². The third kappa shape index (κ3) is 4.90. The lowest BCUT2D eigenvalue weighted by molar-refractivity contribution is 0.122. The first kappa shape index (κ1) is 20.3. The van der Waals surface area contributed by atoms with Crippen molar-refractivity contribution in [2.24, 2.45) is 0 Å². The van der Waals surface area contributed by atoms with E-state index in [0.717, 1.165) is 11.3 Å². The molecule has 1 heterocycles. The van der Waals surface area contributed by atoms with Gasteiger partial charge in [-0.05, 0) is 55.8 Å². The largest absolute Gasteiger partial charge is 0.495 e. The molecule has 2 aromatic carbocycles. The van der Waals surface area contributed by atoms with Gasteiger partial charge in [-0.25, -0.2) is 9.59 Å². The number of carboxylic acid groups (broad SMARTS) is 1. The summed E-state index contributed by atoms with van der Waals surface area (Å²) in [5.74, 6) is 0.593. The third-order valence-electron chi connectivity index (χ3n) is 4.97. The zero-order chi connectivity index (χ0) is 21.0. The fourth-order valence-electron chi connectivity index (χ4n) is 3.44. The van der Waals surface area contributed by atoms with E-state index in [4.69, 9.17) is 4.74 Å². The van der Waals surface area contributed by atoms with Crippen LogP contribution in [0.25, 0.3) is 0 Å². The van der Waals surface area contributed by atoms with E-state index in [0.29, 0.717) is 36.8 Å². The van der Waals surface area contributed by atoms with Crippen molar-refractivity contribution >= 4 is 29.2 Å². The van der Waals surface area contributed by atoms with Gasteiger partial charge in [-0.15, -0.1) is 0 Å². The molecule has 29 heavy (non-hydrogen) atoms. The number of carbonyl (C=O) groups excluding carboxylic acids is 1. The predicted octanol–water partition coefficient (Wildman–Crippen LogP) is 3.84. The molecule has 2 aromatic rings. The molecule has 1 aliphatic rings. The molecule has 1 fully saturated rings. The summed E-state index contributed by atoms with van der Waals surface area (Å²) in [5, 5.41) is 14.8. The van der Waals surface area contributed by atoms with E-state index in [1.165, 1.54) is 4.90 Å². The van der Waals surface area contributed by atoms with Crippen LogP contribution in [0.1, 0.15) is 12.5 Å². The summed E-state index contributed by atoms with van der Waals surface area (Å²) in [6.45, 7) is 5.58. The Kier molecular flexibility index (Phi) is 6.11. The zero-order valence-corrected chi connectivity index (χ0v) is 16.8. The number of benzene rings is 2. The quantitative estimate of drug-likeness (QED) is 0.728. The standard InChI is InChI=1S/C21H26N4O4/c1-14-4-9-19(29-3)18(12-14)23-20(26)22-16-5-7-17(8-6-16)24-10-11-25(21(27)28)15(2)13-24/h4-9,12,15H,10-11,13H2,1-3H3,(H,27,28)(H2,22,23,26). The van der Waals surface area contributed by atoms with Crippen molar-refractivity contribution in [2.75, 3.05) is 42.3 Å². The summed E-state index contributed by atoms with van der Waals surface area (Å²) >= 11 is 0. The SMILES string of the molecule is COc1ccc(C)cc1NC(=O)Nc1ccc(N2CCN(C(=O)O)C(C)C2)cc1. The van der Waals surface area contributed by atoms with Crippen LogP contribution in [0.4, 0.5) is 26.7 Å². The minimum atomic E-state index is -0.882. The van der Waals surface area contributed by atoms with Crippen molar-refractivity contribution in [3.63, 3.8) is 0 Å². The molecule has 3 rings (SSSR count). The van der Waals surface area contributed by atoms with Gasteiger partial charge in [0.2, 0.25) is 0 Å². The van der Waals surface area contributed by atoms with Crippen LogP contribution in [0, 0.1) is 6.92 Å². The predicted molar refractivity (Wildman–Crippen MR) is 113 cm³/mol. The van der Waals surface area contributed by atoms with Crippen molar-refractivity contribution < 1.29 is 19.4 Å². The van der Waals surface area contributed by atoms with Gasteiger partial charge in [0.25, 0.3) is 0 Å². The molecule has 3 amide bonds. The molecule has 0 spiro atoms. The minimum Gasteiger partial charge on any atom is -0.495 e. The van der Waals surface area contributed by atoms with Gasteiger partial charge in [-0.2, -0.15) is 0 Å². The van der Waals surface area contributed by atoms with Gasteiger partial charge < -0.3 is 30.3 Å². The highest BCUT2D eigenvalue weighted by Crippen LogP contribution is 2.26. The number of anilines is 3. The van der Waals surface area contributed by atoms with Crippen LogP contribution in [0.15, 0.2) is 42.5 Å². The van der Waals surface area contributed by atoms with Crippen LogP contribution in [0.5, 0.6) is 5.75 Å². The van der Waals surface area contributed by atoms with Gasteiger partial charge in [0.1, 0.15) is 5.75 Å². The number of hydrogen-bond donors (Lipinski definition) is 3. The van der Waals surface area contributed by atoms with E-state index < -0.39 is 6.09 Å². The number of nitrogens with one attached hydrogen (secondary N) is 2. The monoisotopic (exact) mass is 398 g/mol. The average molecular weight is 398 g/mol. The Morgan fingerprint density at radius 2 is 1.83 bits per heavy atom. The second kappa shape index (κ2) is 8.72. The van der Waals surface area contributed by atoms with Crippen molar-refractivity contribution in [3.05, 3.63) is 48.0 Å². The Morgan fingerprint density at radius 1 is 1.10 bits per heavy atom. The van der Waals surface area contributed by atoms with Crippen molar-refractivity contribution in [3.8, 4) is 5.75 Å². The fraction of sp³-hybridized carbons (Fsp3) is 0.333. The molecule has 8 heteroatoms. The summed E-state index contributed by atoms with van der Waals surface area (Å²) in [6, 6.07) is 12.6. The molecule has 0 saturated carbocycles. The average Bonchev–Trinajstić information content (AvgIpc) is 2.68. The van der Waals surface area contributed by atoms with Gasteiger partial charge >= 0.3 is 12.1 Å². The number of rotatable bonds is 4. The molecular weight excluding hydrogens is 372 g/mol. The molecule has 0 aliphatic carbocycles. The van der Waals surface area contributed by atoms with Crippen LogP contribution < -0.4 is 20.3 Å². The van der Waals surface area contributed by atoms with Gasteiger partial charge in [0, 0.05) is 37.1 Å². The van der Waals surface area contributed by atoms with Crippen molar-refractivity contribution in [1.82, 2.24) is 4.90 Å². The normalized spacial score (nSPS) is 16.3. The summed E-state index contributed by atoms with van der Waals surface area (Å²) < 4.78 is 5.28. The number of hydrogen-bond acceptors (Lipinski definition) is 4. The van der Waals surface area contributed by atoms with E-state index in [1.807, 2.05) is 56.3 Å². The molecule has 3 N–H and O–H groups in total. The molecule has 1 unspecified atom stereocenters. The van der Waals surface area contributed by atoms with E-state index in [9.17, 15) is 14.7 Å². The summed E-state index contributed by atoms with van der Waals surface area (Å²) in [4.78, 5) is 27.1. The zero-order valence-electron chi connectivity index (χ0n) is 16.8. The van der Waals surface area contributed by atoms with Crippen molar-refractivity contribution in [2.45, 2.75) is 19.9 Å². The fourth-order valence-corrected chi connectivity index (χ4v) is 3.44. The number of carbonyl (C=O) groups is 2. The highest BCUT2D eigenvalue weighted by atomic mass is 16.5. The van der Waals surface area contributed by atoms with Gasteiger partial charge in [-0.3, -0.25) is 0 Å².